The normalized spacial score (nSPS) is 13.5. The molecule has 0 fully saturated rings. The molecule has 0 spiro atoms. The fourth-order valence-electron chi connectivity index (χ4n) is 2.33. The Morgan fingerprint density at radius 3 is 2.46 bits per heavy atom. The maximum absolute atomic E-state index is 12.6. The van der Waals surface area contributed by atoms with E-state index in [4.69, 9.17) is 9.52 Å². The number of carbonyl (C=O) groups excluding carboxylic acids is 1. The fraction of sp³-hybridized carbons (Fsp3) is 0.389. The van der Waals surface area contributed by atoms with E-state index in [-0.39, 0.29) is 18.1 Å². The summed E-state index contributed by atoms with van der Waals surface area (Å²) >= 11 is 0. The number of amides is 1. The molecule has 1 unspecified atom stereocenters. The van der Waals surface area contributed by atoms with Crippen molar-refractivity contribution in [3.63, 3.8) is 0 Å². The number of aliphatic carboxylic acids is 1. The standard InChI is InChI=1S/C18H22N2O4/c1-11(2)18(4,10-14(21)22)20-16(23)15-12(3)19-17(24-15)13-8-6-5-7-9-13/h5-9,11H,10H2,1-4H3,(H,20,23)(H,21,22). The number of carboxylic acids is 1. The molecule has 0 saturated heterocycles. The molecule has 1 aromatic carbocycles. The van der Waals surface area contributed by atoms with Crippen molar-refractivity contribution >= 4 is 11.9 Å². The van der Waals surface area contributed by atoms with Crippen molar-refractivity contribution in [2.45, 2.75) is 39.7 Å². The van der Waals surface area contributed by atoms with Crippen molar-refractivity contribution in [2.24, 2.45) is 5.92 Å². The number of hydrogen-bond donors (Lipinski definition) is 2. The molecule has 0 saturated carbocycles. The van der Waals surface area contributed by atoms with Gasteiger partial charge in [-0.2, -0.15) is 0 Å². The Morgan fingerprint density at radius 1 is 1.29 bits per heavy atom. The smallest absolute Gasteiger partial charge is 0.305 e. The highest BCUT2D eigenvalue weighted by Gasteiger charge is 2.34. The molecule has 1 aromatic heterocycles. The number of nitrogens with one attached hydrogen (secondary N) is 1. The average molecular weight is 330 g/mol. The number of nitrogens with zero attached hydrogens (tertiary/aromatic N) is 1. The van der Waals surface area contributed by atoms with E-state index in [0.717, 1.165) is 5.56 Å². The van der Waals surface area contributed by atoms with Gasteiger partial charge < -0.3 is 14.8 Å². The Bertz CT molecular complexity index is 737. The lowest BCUT2D eigenvalue weighted by Gasteiger charge is -2.33. The highest BCUT2D eigenvalue weighted by atomic mass is 16.4. The highest BCUT2D eigenvalue weighted by Crippen LogP contribution is 2.24. The van der Waals surface area contributed by atoms with Gasteiger partial charge in [-0.15, -0.1) is 0 Å². The Balaban J connectivity index is 2.27. The van der Waals surface area contributed by atoms with Gasteiger partial charge in [-0.25, -0.2) is 4.98 Å². The lowest BCUT2D eigenvalue weighted by atomic mass is 9.85. The van der Waals surface area contributed by atoms with Crippen LogP contribution in [-0.2, 0) is 4.79 Å². The van der Waals surface area contributed by atoms with Crippen LogP contribution in [0.5, 0.6) is 0 Å². The van der Waals surface area contributed by atoms with Crippen LogP contribution in [0.4, 0.5) is 0 Å². The van der Waals surface area contributed by atoms with Gasteiger partial charge in [0, 0.05) is 5.56 Å². The maximum atomic E-state index is 12.6. The van der Waals surface area contributed by atoms with Crippen LogP contribution in [0.3, 0.4) is 0 Å². The van der Waals surface area contributed by atoms with Crippen LogP contribution in [0, 0.1) is 12.8 Å². The fourth-order valence-corrected chi connectivity index (χ4v) is 2.33. The Hall–Kier alpha value is -2.63. The van der Waals surface area contributed by atoms with Gasteiger partial charge in [-0.05, 0) is 31.9 Å². The van der Waals surface area contributed by atoms with Crippen LogP contribution >= 0.6 is 0 Å². The van der Waals surface area contributed by atoms with E-state index >= 15 is 0 Å². The molecule has 1 atom stereocenters. The van der Waals surface area contributed by atoms with Gasteiger partial charge in [0.2, 0.25) is 11.7 Å². The van der Waals surface area contributed by atoms with Crippen molar-refractivity contribution in [1.29, 1.82) is 0 Å². The molecule has 6 heteroatoms. The van der Waals surface area contributed by atoms with Gasteiger partial charge in [0.1, 0.15) is 0 Å². The maximum Gasteiger partial charge on any atom is 0.305 e. The third kappa shape index (κ3) is 3.82. The summed E-state index contributed by atoms with van der Waals surface area (Å²) in [6.07, 6.45) is -0.171. The van der Waals surface area contributed by atoms with Crippen LogP contribution in [0.1, 0.15) is 43.4 Å². The summed E-state index contributed by atoms with van der Waals surface area (Å²) in [5.41, 5.74) is 0.360. The molecule has 0 aliphatic carbocycles. The van der Waals surface area contributed by atoms with Crippen molar-refractivity contribution < 1.29 is 19.1 Å². The zero-order valence-electron chi connectivity index (χ0n) is 14.3. The first kappa shape index (κ1) is 17.7. The van der Waals surface area contributed by atoms with Crippen LogP contribution in [0.25, 0.3) is 11.5 Å². The van der Waals surface area contributed by atoms with Gasteiger partial charge in [0.25, 0.3) is 5.91 Å². The first-order valence-corrected chi connectivity index (χ1v) is 7.80. The van der Waals surface area contributed by atoms with E-state index in [1.807, 2.05) is 44.2 Å². The van der Waals surface area contributed by atoms with E-state index in [1.54, 1.807) is 13.8 Å². The summed E-state index contributed by atoms with van der Waals surface area (Å²) < 4.78 is 5.62. The molecule has 128 valence electrons. The van der Waals surface area contributed by atoms with Gasteiger partial charge in [0.05, 0.1) is 17.7 Å². The largest absolute Gasteiger partial charge is 0.481 e. The number of aryl methyl sites for hydroxylation is 1. The topological polar surface area (TPSA) is 92.4 Å². The van der Waals surface area contributed by atoms with E-state index in [9.17, 15) is 9.59 Å². The number of carboxylic acid groups (broad SMARTS) is 1. The molecule has 0 aliphatic rings. The molecule has 1 amide bonds. The third-order valence-electron chi connectivity index (χ3n) is 4.22. The second kappa shape index (κ2) is 6.86. The summed E-state index contributed by atoms with van der Waals surface area (Å²) in [5.74, 6) is -1.02. The minimum Gasteiger partial charge on any atom is -0.481 e. The van der Waals surface area contributed by atoms with Gasteiger partial charge >= 0.3 is 5.97 Å². The molecule has 0 bridgehead atoms. The van der Waals surface area contributed by atoms with Gasteiger partial charge in [-0.3, -0.25) is 9.59 Å². The van der Waals surface area contributed by atoms with Crippen molar-refractivity contribution in [3.8, 4) is 11.5 Å². The number of hydrogen-bond acceptors (Lipinski definition) is 4. The van der Waals surface area contributed by atoms with Crippen LogP contribution in [0.2, 0.25) is 0 Å². The zero-order chi connectivity index (χ0) is 17.9. The molecule has 2 rings (SSSR count). The molecular weight excluding hydrogens is 308 g/mol. The lowest BCUT2D eigenvalue weighted by molar-refractivity contribution is -0.138. The monoisotopic (exact) mass is 330 g/mol. The highest BCUT2D eigenvalue weighted by molar-refractivity contribution is 5.93. The number of oxazole rings is 1. The van der Waals surface area contributed by atoms with E-state index in [2.05, 4.69) is 10.3 Å². The predicted molar refractivity (Wildman–Crippen MR) is 89.6 cm³/mol. The number of carbonyl (C=O) groups is 2. The Morgan fingerprint density at radius 2 is 1.92 bits per heavy atom. The molecule has 0 radical (unpaired) electrons. The SMILES string of the molecule is Cc1nc(-c2ccccc2)oc1C(=O)NC(C)(CC(=O)O)C(C)C. The summed E-state index contributed by atoms with van der Waals surface area (Å²) in [6.45, 7) is 7.14. The van der Waals surface area contributed by atoms with Gasteiger partial charge in [0.15, 0.2) is 0 Å². The van der Waals surface area contributed by atoms with Crippen molar-refractivity contribution in [3.05, 3.63) is 41.8 Å². The second-order valence-electron chi connectivity index (χ2n) is 6.40. The quantitative estimate of drug-likeness (QED) is 0.848. The third-order valence-corrected chi connectivity index (χ3v) is 4.22. The minimum atomic E-state index is -0.967. The molecule has 2 aromatic rings. The predicted octanol–water partition coefficient (Wildman–Crippen LogP) is 3.27. The van der Waals surface area contributed by atoms with E-state index in [0.29, 0.717) is 11.6 Å². The number of aromatic nitrogens is 1. The van der Waals surface area contributed by atoms with E-state index in [1.165, 1.54) is 0 Å². The summed E-state index contributed by atoms with van der Waals surface area (Å²) in [7, 11) is 0. The summed E-state index contributed by atoms with van der Waals surface area (Å²) in [6, 6.07) is 9.28. The zero-order valence-corrected chi connectivity index (χ0v) is 14.3. The van der Waals surface area contributed by atoms with Crippen LogP contribution in [0.15, 0.2) is 34.7 Å². The lowest BCUT2D eigenvalue weighted by Crippen LogP contribution is -2.51. The van der Waals surface area contributed by atoms with Crippen molar-refractivity contribution in [2.75, 3.05) is 0 Å². The first-order valence-electron chi connectivity index (χ1n) is 7.80. The van der Waals surface area contributed by atoms with Crippen LogP contribution < -0.4 is 5.32 Å². The molecule has 1 heterocycles. The molecule has 2 N–H and O–H groups in total. The average Bonchev–Trinajstić information content (AvgIpc) is 2.89. The Kier molecular flexibility index (Phi) is 5.07. The molecule has 24 heavy (non-hydrogen) atoms. The molecular formula is C18H22N2O4. The summed E-state index contributed by atoms with van der Waals surface area (Å²) in [4.78, 5) is 28.0. The number of benzene rings is 1. The first-order chi connectivity index (χ1) is 11.2. The second-order valence-corrected chi connectivity index (χ2v) is 6.40. The van der Waals surface area contributed by atoms with Crippen molar-refractivity contribution in [1.82, 2.24) is 10.3 Å². The van der Waals surface area contributed by atoms with Crippen LogP contribution in [-0.4, -0.2) is 27.5 Å². The van der Waals surface area contributed by atoms with E-state index < -0.39 is 17.4 Å². The number of rotatable bonds is 6. The van der Waals surface area contributed by atoms with Gasteiger partial charge in [-0.1, -0.05) is 32.0 Å². The molecule has 6 nitrogen and oxygen atoms in total. The minimum absolute atomic E-state index is 0.0608. The molecule has 0 aliphatic heterocycles. The Labute approximate surface area is 140 Å². The summed E-state index contributed by atoms with van der Waals surface area (Å²) in [5, 5.41) is 11.9.